The highest BCUT2D eigenvalue weighted by Crippen LogP contribution is 2.23. The number of amides is 1. The first kappa shape index (κ1) is 26.8. The summed E-state index contributed by atoms with van der Waals surface area (Å²) < 4.78 is 30.0. The van der Waals surface area contributed by atoms with Gasteiger partial charge in [0.15, 0.2) is 0 Å². The highest BCUT2D eigenvalue weighted by molar-refractivity contribution is 7.89. The molecule has 0 spiro atoms. The number of aryl methyl sites for hydroxylation is 1. The highest BCUT2D eigenvalue weighted by Gasteiger charge is 2.26. The Kier molecular flexibility index (Phi) is 8.61. The fraction of sp³-hybridized carbons (Fsp3) is 0.379. The van der Waals surface area contributed by atoms with Crippen LogP contribution in [0.1, 0.15) is 54.9 Å². The minimum absolute atomic E-state index is 0.00904. The standard InChI is InChI=1S/C29H35N3O4S/c1-3-17-31-21-26(29(34)30-22(2)13-14-23-11-7-6-8-12-23)28(33)25-20-24(15-16-27(25)31)37(35,36)32-18-9-4-5-10-19-32/h3,6-8,11-12,15-16,20-22H,1,4-5,9-10,13-14,17-19H2,2H3,(H,30,34)/t22-/m0/s1. The molecule has 7 nitrogen and oxygen atoms in total. The van der Waals surface area contributed by atoms with E-state index >= 15 is 0 Å². The average Bonchev–Trinajstić information content (AvgIpc) is 3.20. The van der Waals surface area contributed by atoms with Crippen molar-refractivity contribution >= 4 is 26.8 Å². The molecule has 4 rings (SSSR count). The van der Waals surface area contributed by atoms with Gasteiger partial charge in [-0.15, -0.1) is 6.58 Å². The van der Waals surface area contributed by atoms with E-state index in [2.05, 4.69) is 11.9 Å². The molecule has 8 heteroatoms. The second-order valence-corrected chi connectivity index (χ2v) is 11.6. The van der Waals surface area contributed by atoms with Crippen molar-refractivity contribution < 1.29 is 13.2 Å². The Balaban J connectivity index is 1.64. The Morgan fingerprint density at radius 2 is 1.78 bits per heavy atom. The van der Waals surface area contributed by atoms with Crippen LogP contribution >= 0.6 is 0 Å². The molecule has 2 heterocycles. The molecule has 1 aliphatic heterocycles. The van der Waals surface area contributed by atoms with Crippen LogP contribution < -0.4 is 10.7 Å². The Hall–Kier alpha value is -3.23. The fourth-order valence-electron chi connectivity index (χ4n) is 4.82. The largest absolute Gasteiger partial charge is 0.349 e. The zero-order valence-electron chi connectivity index (χ0n) is 21.4. The fourth-order valence-corrected chi connectivity index (χ4v) is 6.37. The Morgan fingerprint density at radius 3 is 2.46 bits per heavy atom. The summed E-state index contributed by atoms with van der Waals surface area (Å²) in [5, 5.41) is 3.15. The first-order valence-corrected chi connectivity index (χ1v) is 14.4. The molecule has 0 bridgehead atoms. The Bertz CT molecular complexity index is 1420. The molecule has 2 aromatic carbocycles. The van der Waals surface area contributed by atoms with Crippen LogP contribution in [0.5, 0.6) is 0 Å². The van der Waals surface area contributed by atoms with Crippen LogP contribution in [0.15, 0.2) is 77.1 Å². The normalized spacial score (nSPS) is 15.7. The zero-order valence-corrected chi connectivity index (χ0v) is 22.2. The number of fused-ring (bicyclic) bond motifs is 1. The second-order valence-electron chi connectivity index (χ2n) is 9.71. The number of allylic oxidation sites excluding steroid dienone is 1. The summed E-state index contributed by atoms with van der Waals surface area (Å²) in [4.78, 5) is 26.7. The third-order valence-electron chi connectivity index (χ3n) is 6.91. The number of hydrogen-bond donors (Lipinski definition) is 1. The quantitative estimate of drug-likeness (QED) is 0.420. The van der Waals surface area contributed by atoms with Gasteiger partial charge in [0.1, 0.15) is 5.56 Å². The summed E-state index contributed by atoms with van der Waals surface area (Å²) in [7, 11) is -3.74. The number of aromatic nitrogens is 1. The monoisotopic (exact) mass is 521 g/mol. The Labute approximate surface area is 218 Å². The van der Waals surface area contributed by atoms with Crippen LogP contribution in [0, 0.1) is 0 Å². The van der Waals surface area contributed by atoms with E-state index in [9.17, 15) is 18.0 Å². The molecule has 196 valence electrons. The lowest BCUT2D eigenvalue weighted by molar-refractivity contribution is 0.0937. The van der Waals surface area contributed by atoms with Crippen LogP contribution in [0.25, 0.3) is 10.9 Å². The zero-order chi connectivity index (χ0) is 26.4. The van der Waals surface area contributed by atoms with Gasteiger partial charge in [0.25, 0.3) is 5.91 Å². The van der Waals surface area contributed by atoms with Crippen LogP contribution in [0.4, 0.5) is 0 Å². The molecule has 1 amide bonds. The second kappa shape index (κ2) is 11.9. The van der Waals surface area contributed by atoms with Gasteiger partial charge in [-0.2, -0.15) is 4.31 Å². The van der Waals surface area contributed by atoms with Crippen molar-refractivity contribution in [3.05, 3.63) is 88.7 Å². The summed E-state index contributed by atoms with van der Waals surface area (Å²) >= 11 is 0. The van der Waals surface area contributed by atoms with Crippen molar-refractivity contribution in [3.8, 4) is 0 Å². The molecule has 1 fully saturated rings. The number of nitrogens with zero attached hydrogens (tertiary/aromatic N) is 2. The van der Waals surface area contributed by atoms with Crippen molar-refractivity contribution in [1.29, 1.82) is 0 Å². The minimum atomic E-state index is -3.74. The first-order valence-electron chi connectivity index (χ1n) is 12.9. The minimum Gasteiger partial charge on any atom is -0.349 e. The molecule has 0 radical (unpaired) electrons. The van der Waals surface area contributed by atoms with E-state index in [1.54, 1.807) is 22.8 Å². The number of nitrogens with one attached hydrogen (secondary N) is 1. The first-order chi connectivity index (χ1) is 17.8. The van der Waals surface area contributed by atoms with E-state index in [4.69, 9.17) is 0 Å². The van der Waals surface area contributed by atoms with Crippen molar-refractivity contribution in [2.75, 3.05) is 13.1 Å². The third-order valence-corrected chi connectivity index (χ3v) is 8.81. The summed E-state index contributed by atoms with van der Waals surface area (Å²) in [6, 6.07) is 14.5. The molecule has 1 atom stereocenters. The van der Waals surface area contributed by atoms with Gasteiger partial charge in [0, 0.05) is 37.3 Å². The smallest absolute Gasteiger partial charge is 0.256 e. The molecular weight excluding hydrogens is 486 g/mol. The molecule has 37 heavy (non-hydrogen) atoms. The summed E-state index contributed by atoms with van der Waals surface area (Å²) in [5.74, 6) is -0.467. The number of pyridine rings is 1. The maximum atomic E-state index is 13.5. The molecule has 0 unspecified atom stereocenters. The molecule has 0 aliphatic carbocycles. The predicted octanol–water partition coefficient (Wildman–Crippen LogP) is 4.50. The molecule has 1 aromatic heterocycles. The number of carbonyl (C=O) groups excluding carboxylic acids is 1. The van der Waals surface area contributed by atoms with E-state index in [0.717, 1.165) is 38.5 Å². The number of carbonyl (C=O) groups is 1. The van der Waals surface area contributed by atoms with Gasteiger partial charge in [0.05, 0.1) is 10.4 Å². The SMILES string of the molecule is C=CCn1cc(C(=O)N[C@@H](C)CCc2ccccc2)c(=O)c2cc(S(=O)(=O)N3CCCCCC3)ccc21. The lowest BCUT2D eigenvalue weighted by Crippen LogP contribution is -2.36. The predicted molar refractivity (Wildman–Crippen MR) is 147 cm³/mol. The molecule has 0 saturated carbocycles. The lowest BCUT2D eigenvalue weighted by atomic mass is 10.1. The van der Waals surface area contributed by atoms with E-state index in [1.165, 1.54) is 22.1 Å². The van der Waals surface area contributed by atoms with E-state index in [1.807, 2.05) is 37.3 Å². The van der Waals surface area contributed by atoms with E-state index in [-0.39, 0.29) is 21.9 Å². The van der Waals surface area contributed by atoms with Crippen molar-refractivity contribution in [2.45, 2.75) is 62.9 Å². The topological polar surface area (TPSA) is 88.5 Å². The Morgan fingerprint density at radius 1 is 1.08 bits per heavy atom. The molecule has 1 aliphatic rings. The number of rotatable bonds is 9. The van der Waals surface area contributed by atoms with Gasteiger partial charge < -0.3 is 9.88 Å². The maximum absolute atomic E-state index is 13.5. The summed E-state index contributed by atoms with van der Waals surface area (Å²) in [6.45, 7) is 7.03. The van der Waals surface area contributed by atoms with Crippen LogP contribution in [0.3, 0.4) is 0 Å². The molecular formula is C29H35N3O4S. The average molecular weight is 522 g/mol. The van der Waals surface area contributed by atoms with Gasteiger partial charge >= 0.3 is 0 Å². The molecule has 1 saturated heterocycles. The number of benzene rings is 2. The van der Waals surface area contributed by atoms with E-state index < -0.39 is 21.4 Å². The summed E-state index contributed by atoms with van der Waals surface area (Å²) in [6.07, 6.45) is 8.42. The van der Waals surface area contributed by atoms with Crippen molar-refractivity contribution in [1.82, 2.24) is 14.2 Å². The van der Waals surface area contributed by atoms with Gasteiger partial charge in [-0.1, -0.05) is 49.2 Å². The number of hydrogen-bond acceptors (Lipinski definition) is 4. The van der Waals surface area contributed by atoms with Gasteiger partial charge in [0.2, 0.25) is 15.5 Å². The molecule has 3 aromatic rings. The van der Waals surface area contributed by atoms with Crippen LogP contribution in [0.2, 0.25) is 0 Å². The lowest BCUT2D eigenvalue weighted by Gasteiger charge is -2.20. The van der Waals surface area contributed by atoms with Gasteiger partial charge in [-0.3, -0.25) is 9.59 Å². The maximum Gasteiger partial charge on any atom is 0.256 e. The third kappa shape index (κ3) is 6.19. The van der Waals surface area contributed by atoms with Crippen LogP contribution in [-0.2, 0) is 23.0 Å². The summed E-state index contributed by atoms with van der Waals surface area (Å²) in [5.41, 5.74) is 1.26. The highest BCUT2D eigenvalue weighted by atomic mass is 32.2. The van der Waals surface area contributed by atoms with Crippen LogP contribution in [-0.4, -0.2) is 42.3 Å². The van der Waals surface area contributed by atoms with Crippen molar-refractivity contribution in [2.24, 2.45) is 0 Å². The number of sulfonamides is 1. The molecule has 1 N–H and O–H groups in total. The van der Waals surface area contributed by atoms with E-state index in [0.29, 0.717) is 25.2 Å². The van der Waals surface area contributed by atoms with Crippen molar-refractivity contribution in [3.63, 3.8) is 0 Å². The van der Waals surface area contributed by atoms with Gasteiger partial charge in [-0.05, 0) is 56.4 Å². The van der Waals surface area contributed by atoms with Gasteiger partial charge in [-0.25, -0.2) is 8.42 Å².